The van der Waals surface area contributed by atoms with Gasteiger partial charge < -0.3 is 5.11 Å². The lowest BCUT2D eigenvalue weighted by Gasteiger charge is -2.16. The number of aliphatic carboxylic acids is 1. The molecule has 0 spiro atoms. The molecule has 0 fully saturated rings. The fourth-order valence-electron chi connectivity index (χ4n) is 2.22. The smallest absolute Gasteiger partial charge is 0.303 e. The first-order valence-electron chi connectivity index (χ1n) is 6.21. The lowest BCUT2D eigenvalue weighted by atomic mass is 9.89. The van der Waals surface area contributed by atoms with Crippen molar-refractivity contribution in [1.29, 1.82) is 0 Å². The Balaban J connectivity index is 2.88. The van der Waals surface area contributed by atoms with E-state index in [0.717, 1.165) is 6.42 Å². The fourth-order valence-corrected chi connectivity index (χ4v) is 2.22. The van der Waals surface area contributed by atoms with Gasteiger partial charge in [-0.2, -0.15) is 0 Å². The lowest BCUT2D eigenvalue weighted by Crippen LogP contribution is -2.09. The van der Waals surface area contributed by atoms with Gasteiger partial charge in [0.05, 0.1) is 0 Å². The number of carboxylic acids is 1. The maximum Gasteiger partial charge on any atom is 0.303 e. The molecule has 0 bridgehead atoms. The van der Waals surface area contributed by atoms with E-state index in [1.54, 1.807) is 0 Å². The predicted molar refractivity (Wildman–Crippen MR) is 70.4 cm³/mol. The standard InChI is InChI=1S/C15H22O2/c1-10(2)14-6-5-11(3)7-13(14)8-12(4)9-15(16)17/h5-7,10,12H,8-9H2,1-4H3,(H,16,17). The van der Waals surface area contributed by atoms with Crippen LogP contribution in [-0.4, -0.2) is 11.1 Å². The summed E-state index contributed by atoms with van der Waals surface area (Å²) < 4.78 is 0. The third-order valence-corrected chi connectivity index (χ3v) is 3.01. The highest BCUT2D eigenvalue weighted by Crippen LogP contribution is 2.24. The monoisotopic (exact) mass is 234 g/mol. The summed E-state index contributed by atoms with van der Waals surface area (Å²) in [5, 5.41) is 8.79. The van der Waals surface area contributed by atoms with Crippen LogP contribution in [0.3, 0.4) is 0 Å². The van der Waals surface area contributed by atoms with Gasteiger partial charge in [0.15, 0.2) is 0 Å². The van der Waals surface area contributed by atoms with E-state index in [1.165, 1.54) is 16.7 Å². The van der Waals surface area contributed by atoms with Crippen LogP contribution < -0.4 is 0 Å². The lowest BCUT2D eigenvalue weighted by molar-refractivity contribution is -0.137. The second-order valence-electron chi connectivity index (χ2n) is 5.26. The zero-order valence-corrected chi connectivity index (χ0v) is 11.2. The van der Waals surface area contributed by atoms with Gasteiger partial charge in [0, 0.05) is 6.42 Å². The van der Waals surface area contributed by atoms with Crippen molar-refractivity contribution in [2.24, 2.45) is 5.92 Å². The fraction of sp³-hybridized carbons (Fsp3) is 0.533. The van der Waals surface area contributed by atoms with Crippen molar-refractivity contribution in [2.75, 3.05) is 0 Å². The molecule has 2 nitrogen and oxygen atoms in total. The van der Waals surface area contributed by atoms with Gasteiger partial charge >= 0.3 is 5.97 Å². The Bertz CT molecular complexity index is 394. The van der Waals surface area contributed by atoms with Crippen molar-refractivity contribution in [3.8, 4) is 0 Å². The number of carbonyl (C=O) groups is 1. The van der Waals surface area contributed by atoms with Crippen LogP contribution in [0.25, 0.3) is 0 Å². The van der Waals surface area contributed by atoms with Crippen molar-refractivity contribution in [2.45, 2.75) is 46.5 Å². The summed E-state index contributed by atoms with van der Waals surface area (Å²) >= 11 is 0. The van der Waals surface area contributed by atoms with Crippen LogP contribution in [0.4, 0.5) is 0 Å². The molecule has 2 heteroatoms. The summed E-state index contributed by atoms with van der Waals surface area (Å²) in [6.07, 6.45) is 1.09. The van der Waals surface area contributed by atoms with Gasteiger partial charge in [-0.15, -0.1) is 0 Å². The molecule has 0 saturated heterocycles. The minimum absolute atomic E-state index is 0.187. The molecule has 1 unspecified atom stereocenters. The second-order valence-corrected chi connectivity index (χ2v) is 5.26. The van der Waals surface area contributed by atoms with Gasteiger partial charge in [-0.05, 0) is 36.3 Å². The number of hydrogen-bond acceptors (Lipinski definition) is 1. The van der Waals surface area contributed by atoms with Gasteiger partial charge in [0.2, 0.25) is 0 Å². The van der Waals surface area contributed by atoms with Crippen LogP contribution in [0, 0.1) is 12.8 Å². The van der Waals surface area contributed by atoms with Crippen LogP contribution in [0.1, 0.15) is 49.8 Å². The maximum absolute atomic E-state index is 10.7. The molecule has 0 amide bonds. The average molecular weight is 234 g/mol. The molecule has 94 valence electrons. The van der Waals surface area contributed by atoms with E-state index < -0.39 is 5.97 Å². The first kappa shape index (κ1) is 13.8. The van der Waals surface area contributed by atoms with E-state index >= 15 is 0 Å². The van der Waals surface area contributed by atoms with E-state index in [2.05, 4.69) is 39.0 Å². The topological polar surface area (TPSA) is 37.3 Å². The maximum atomic E-state index is 10.7. The second kappa shape index (κ2) is 5.85. The molecule has 0 aliphatic heterocycles. The highest BCUT2D eigenvalue weighted by molar-refractivity contribution is 5.67. The Morgan fingerprint density at radius 2 is 1.94 bits per heavy atom. The van der Waals surface area contributed by atoms with Gasteiger partial charge in [0.25, 0.3) is 0 Å². The number of aryl methyl sites for hydroxylation is 1. The van der Waals surface area contributed by atoms with Gasteiger partial charge in [-0.1, -0.05) is 44.5 Å². The van der Waals surface area contributed by atoms with Crippen molar-refractivity contribution >= 4 is 5.97 Å². The zero-order chi connectivity index (χ0) is 13.0. The summed E-state index contributed by atoms with van der Waals surface area (Å²) in [5.41, 5.74) is 3.88. The molecular weight excluding hydrogens is 212 g/mol. The molecule has 0 aliphatic carbocycles. The number of rotatable bonds is 5. The van der Waals surface area contributed by atoms with E-state index in [0.29, 0.717) is 5.92 Å². The van der Waals surface area contributed by atoms with Crippen molar-refractivity contribution in [3.05, 3.63) is 34.9 Å². The highest BCUT2D eigenvalue weighted by atomic mass is 16.4. The van der Waals surface area contributed by atoms with E-state index in [-0.39, 0.29) is 12.3 Å². The van der Waals surface area contributed by atoms with Crippen molar-refractivity contribution in [1.82, 2.24) is 0 Å². The minimum atomic E-state index is -0.712. The molecule has 0 aromatic heterocycles. The van der Waals surface area contributed by atoms with E-state index in [1.807, 2.05) is 6.92 Å². The van der Waals surface area contributed by atoms with Gasteiger partial charge in [-0.25, -0.2) is 0 Å². The van der Waals surface area contributed by atoms with Crippen LogP contribution >= 0.6 is 0 Å². The summed E-state index contributed by atoms with van der Waals surface area (Å²) in [6, 6.07) is 6.48. The number of carboxylic acid groups (broad SMARTS) is 1. The Labute approximate surface area is 104 Å². The van der Waals surface area contributed by atoms with Crippen molar-refractivity contribution < 1.29 is 9.90 Å². The third-order valence-electron chi connectivity index (χ3n) is 3.01. The average Bonchev–Trinajstić information content (AvgIpc) is 2.15. The number of benzene rings is 1. The molecule has 1 aromatic rings. The molecule has 1 aromatic carbocycles. The Morgan fingerprint density at radius 1 is 1.29 bits per heavy atom. The quantitative estimate of drug-likeness (QED) is 0.842. The first-order valence-corrected chi connectivity index (χ1v) is 6.21. The molecule has 0 radical (unpaired) electrons. The molecule has 0 aliphatic rings. The Kier molecular flexibility index (Phi) is 4.73. The summed E-state index contributed by atoms with van der Waals surface area (Å²) in [5.74, 6) is -0.0364. The van der Waals surface area contributed by atoms with Gasteiger partial charge in [-0.3, -0.25) is 4.79 Å². The Hall–Kier alpha value is -1.31. The number of hydrogen-bond donors (Lipinski definition) is 1. The van der Waals surface area contributed by atoms with Crippen LogP contribution in [-0.2, 0) is 11.2 Å². The molecule has 1 rings (SSSR count). The molecule has 0 saturated carbocycles. The first-order chi connectivity index (χ1) is 7.90. The summed E-state index contributed by atoms with van der Waals surface area (Å²) in [4.78, 5) is 10.7. The zero-order valence-electron chi connectivity index (χ0n) is 11.2. The molecular formula is C15H22O2. The third kappa shape index (κ3) is 4.22. The molecule has 17 heavy (non-hydrogen) atoms. The van der Waals surface area contributed by atoms with Crippen molar-refractivity contribution in [3.63, 3.8) is 0 Å². The van der Waals surface area contributed by atoms with Gasteiger partial charge in [0.1, 0.15) is 0 Å². The minimum Gasteiger partial charge on any atom is -0.481 e. The van der Waals surface area contributed by atoms with E-state index in [9.17, 15) is 4.79 Å². The largest absolute Gasteiger partial charge is 0.481 e. The van der Waals surface area contributed by atoms with Crippen LogP contribution in [0.2, 0.25) is 0 Å². The van der Waals surface area contributed by atoms with Crippen LogP contribution in [0.15, 0.2) is 18.2 Å². The summed E-state index contributed by atoms with van der Waals surface area (Å²) in [7, 11) is 0. The molecule has 0 heterocycles. The molecule has 1 atom stereocenters. The SMILES string of the molecule is Cc1ccc(C(C)C)c(CC(C)CC(=O)O)c1. The summed E-state index contributed by atoms with van der Waals surface area (Å²) in [6.45, 7) is 8.43. The Morgan fingerprint density at radius 3 is 2.47 bits per heavy atom. The highest BCUT2D eigenvalue weighted by Gasteiger charge is 2.12. The van der Waals surface area contributed by atoms with Crippen LogP contribution in [0.5, 0.6) is 0 Å². The predicted octanol–water partition coefficient (Wildman–Crippen LogP) is 3.77. The van der Waals surface area contributed by atoms with E-state index in [4.69, 9.17) is 5.11 Å². The molecule has 1 N–H and O–H groups in total. The normalized spacial score (nSPS) is 12.8.